The Kier molecular flexibility index (Phi) is 7.06. The van der Waals surface area contributed by atoms with Crippen molar-refractivity contribution in [3.8, 4) is 0 Å². The van der Waals surface area contributed by atoms with Crippen LogP contribution in [0.2, 0.25) is 0 Å². The van der Waals surface area contributed by atoms with Crippen LogP contribution in [-0.2, 0) is 15.3 Å². The fourth-order valence-electron chi connectivity index (χ4n) is 3.91. The maximum Gasteiger partial charge on any atom is 0.296 e. The van der Waals surface area contributed by atoms with Crippen LogP contribution < -0.4 is 4.90 Å². The number of ketones is 1. The minimum absolute atomic E-state index is 0.0204. The number of aliphatic hydroxyl groups is 1. The van der Waals surface area contributed by atoms with E-state index in [1.54, 1.807) is 6.08 Å². The Balaban J connectivity index is 1.45. The van der Waals surface area contributed by atoms with Crippen LogP contribution in [0, 0.1) is 0 Å². The summed E-state index contributed by atoms with van der Waals surface area (Å²) in [5, 5.41) is 19.6. The molecule has 8 heteroatoms. The SMILES string of the molecule is O=C(C=Cc1ccccc1)C1=C(O)C(=O)N(c2nnc(SCc3ccccc3)s2)C1c1ccccc1. The van der Waals surface area contributed by atoms with Gasteiger partial charge in [-0.2, -0.15) is 0 Å². The molecule has 178 valence electrons. The van der Waals surface area contributed by atoms with Gasteiger partial charge in [0.2, 0.25) is 5.13 Å². The number of hydrogen-bond acceptors (Lipinski definition) is 7. The summed E-state index contributed by atoms with van der Waals surface area (Å²) in [6, 6.07) is 27.7. The van der Waals surface area contributed by atoms with Crippen LogP contribution in [0.15, 0.2) is 113 Å². The van der Waals surface area contributed by atoms with E-state index < -0.39 is 23.5 Å². The second kappa shape index (κ2) is 10.7. The topological polar surface area (TPSA) is 83.4 Å². The van der Waals surface area contributed by atoms with Gasteiger partial charge in [0, 0.05) is 5.75 Å². The molecule has 0 spiro atoms. The van der Waals surface area contributed by atoms with Crippen LogP contribution in [0.1, 0.15) is 22.7 Å². The number of thioether (sulfide) groups is 1. The number of rotatable bonds is 8. The summed E-state index contributed by atoms with van der Waals surface area (Å²) in [6.45, 7) is 0. The predicted octanol–water partition coefficient (Wildman–Crippen LogP) is 6.01. The molecule has 1 amide bonds. The lowest BCUT2D eigenvalue weighted by Crippen LogP contribution is -2.30. The fourth-order valence-corrected chi connectivity index (χ4v) is 5.73. The quantitative estimate of drug-likeness (QED) is 0.177. The highest BCUT2D eigenvalue weighted by atomic mass is 32.2. The second-order valence-electron chi connectivity index (χ2n) is 7.98. The van der Waals surface area contributed by atoms with Crippen LogP contribution >= 0.6 is 23.1 Å². The third-order valence-electron chi connectivity index (χ3n) is 5.62. The van der Waals surface area contributed by atoms with Crippen LogP contribution in [0.25, 0.3) is 6.08 Å². The zero-order valence-corrected chi connectivity index (χ0v) is 20.7. The first-order valence-electron chi connectivity index (χ1n) is 11.2. The van der Waals surface area contributed by atoms with Crippen LogP contribution in [0.5, 0.6) is 0 Å². The normalized spacial score (nSPS) is 15.7. The Hall–Kier alpha value is -4.01. The predicted molar refractivity (Wildman–Crippen MR) is 143 cm³/mol. The van der Waals surface area contributed by atoms with E-state index in [1.165, 1.54) is 34.1 Å². The Morgan fingerprint density at radius 3 is 2.28 bits per heavy atom. The number of anilines is 1. The van der Waals surface area contributed by atoms with Gasteiger partial charge >= 0.3 is 0 Å². The Bertz CT molecular complexity index is 1430. The van der Waals surface area contributed by atoms with Gasteiger partial charge in [0.25, 0.3) is 5.91 Å². The van der Waals surface area contributed by atoms with Gasteiger partial charge in [0.1, 0.15) is 0 Å². The van der Waals surface area contributed by atoms with Crippen molar-refractivity contribution in [3.05, 3.63) is 125 Å². The van der Waals surface area contributed by atoms with Gasteiger partial charge in [0.15, 0.2) is 15.9 Å². The molecular weight excluding hydrogens is 490 g/mol. The summed E-state index contributed by atoms with van der Waals surface area (Å²) < 4.78 is 0.691. The van der Waals surface area contributed by atoms with Gasteiger partial charge in [-0.15, -0.1) is 10.2 Å². The van der Waals surface area contributed by atoms with Gasteiger partial charge in [-0.3, -0.25) is 14.5 Å². The fraction of sp³-hybridized carbons (Fsp3) is 0.0714. The van der Waals surface area contributed by atoms with Crippen LogP contribution in [-0.4, -0.2) is 27.0 Å². The summed E-state index contributed by atoms with van der Waals surface area (Å²) in [6.07, 6.45) is 3.05. The number of nitrogens with zero attached hydrogens (tertiary/aromatic N) is 3. The molecule has 0 bridgehead atoms. The van der Waals surface area contributed by atoms with E-state index in [0.29, 0.717) is 20.8 Å². The number of carbonyl (C=O) groups excluding carboxylic acids is 2. The van der Waals surface area contributed by atoms with Gasteiger partial charge in [-0.05, 0) is 22.8 Å². The lowest BCUT2D eigenvalue weighted by atomic mass is 9.96. The molecule has 1 atom stereocenters. The van der Waals surface area contributed by atoms with Crippen molar-refractivity contribution in [2.24, 2.45) is 0 Å². The maximum atomic E-state index is 13.3. The minimum atomic E-state index is -0.813. The van der Waals surface area contributed by atoms with Crippen molar-refractivity contribution in [3.63, 3.8) is 0 Å². The van der Waals surface area contributed by atoms with Crippen molar-refractivity contribution in [1.82, 2.24) is 10.2 Å². The van der Waals surface area contributed by atoms with Gasteiger partial charge in [-0.1, -0.05) is 120 Å². The Morgan fingerprint density at radius 1 is 0.944 bits per heavy atom. The summed E-state index contributed by atoms with van der Waals surface area (Å²) in [5.41, 5.74) is 2.70. The smallest absolute Gasteiger partial charge is 0.296 e. The summed E-state index contributed by atoms with van der Waals surface area (Å²) in [4.78, 5) is 27.9. The maximum absolute atomic E-state index is 13.3. The third kappa shape index (κ3) is 5.00. The molecule has 1 unspecified atom stereocenters. The van der Waals surface area contributed by atoms with E-state index in [1.807, 2.05) is 91.0 Å². The van der Waals surface area contributed by atoms with E-state index in [9.17, 15) is 14.7 Å². The molecule has 36 heavy (non-hydrogen) atoms. The first-order valence-corrected chi connectivity index (χ1v) is 13.0. The number of hydrogen-bond donors (Lipinski definition) is 1. The summed E-state index contributed by atoms with van der Waals surface area (Å²) in [7, 11) is 0. The Morgan fingerprint density at radius 2 is 1.58 bits per heavy atom. The van der Waals surface area contributed by atoms with Crippen molar-refractivity contribution in [2.75, 3.05) is 4.90 Å². The molecule has 0 aliphatic carbocycles. The molecule has 0 saturated heterocycles. The van der Waals surface area contributed by atoms with Crippen LogP contribution in [0.4, 0.5) is 5.13 Å². The molecular formula is C28H21N3O3S2. The van der Waals surface area contributed by atoms with Crippen LogP contribution in [0.3, 0.4) is 0 Å². The molecule has 1 aromatic heterocycles. The Labute approximate surface area is 216 Å². The number of carbonyl (C=O) groups is 2. The van der Waals surface area contributed by atoms with E-state index >= 15 is 0 Å². The second-order valence-corrected chi connectivity index (χ2v) is 10.2. The van der Waals surface area contributed by atoms with Gasteiger partial charge in [0.05, 0.1) is 11.6 Å². The van der Waals surface area contributed by atoms with Crippen molar-refractivity contribution in [1.29, 1.82) is 0 Å². The standard InChI is InChI=1S/C28H21N3O3S2/c32-22(17-16-19-10-4-1-5-11-19)23-24(21-14-8-3-9-15-21)31(26(34)25(23)33)27-29-30-28(36-27)35-18-20-12-6-2-7-13-20/h1-17,24,33H,18H2. The summed E-state index contributed by atoms with van der Waals surface area (Å²) in [5.74, 6) is -0.969. The summed E-state index contributed by atoms with van der Waals surface area (Å²) >= 11 is 2.77. The molecule has 5 rings (SSSR count). The highest BCUT2D eigenvalue weighted by Crippen LogP contribution is 2.43. The zero-order valence-electron chi connectivity index (χ0n) is 19.0. The molecule has 0 radical (unpaired) electrons. The number of allylic oxidation sites excluding steroid dienone is 1. The number of aliphatic hydroxyl groups excluding tert-OH is 1. The van der Waals surface area contributed by atoms with Gasteiger partial charge in [-0.25, -0.2) is 0 Å². The lowest BCUT2D eigenvalue weighted by Gasteiger charge is -2.23. The first kappa shape index (κ1) is 23.7. The molecule has 0 saturated carbocycles. The van der Waals surface area contributed by atoms with E-state index in [-0.39, 0.29) is 5.57 Å². The van der Waals surface area contributed by atoms with E-state index in [2.05, 4.69) is 10.2 Å². The monoisotopic (exact) mass is 511 g/mol. The lowest BCUT2D eigenvalue weighted by molar-refractivity contribution is -0.117. The molecule has 1 aliphatic rings. The zero-order chi connectivity index (χ0) is 24.9. The molecule has 1 aliphatic heterocycles. The van der Waals surface area contributed by atoms with Crippen molar-refractivity contribution in [2.45, 2.75) is 16.1 Å². The minimum Gasteiger partial charge on any atom is -0.503 e. The van der Waals surface area contributed by atoms with Crippen molar-refractivity contribution >= 4 is 46.0 Å². The molecule has 1 N–H and O–H groups in total. The molecule has 0 fully saturated rings. The van der Waals surface area contributed by atoms with E-state index in [4.69, 9.17) is 0 Å². The van der Waals surface area contributed by atoms with Gasteiger partial charge < -0.3 is 5.11 Å². The highest BCUT2D eigenvalue weighted by molar-refractivity contribution is 8.00. The number of amides is 1. The first-order chi connectivity index (χ1) is 17.6. The molecule has 6 nitrogen and oxygen atoms in total. The van der Waals surface area contributed by atoms with E-state index in [0.717, 1.165) is 11.1 Å². The van der Waals surface area contributed by atoms with Crippen molar-refractivity contribution < 1.29 is 14.7 Å². The molecule has 3 aromatic carbocycles. The number of benzene rings is 3. The molecule has 4 aromatic rings. The largest absolute Gasteiger partial charge is 0.503 e. The average molecular weight is 512 g/mol. The third-order valence-corrected chi connectivity index (χ3v) is 7.75. The number of aromatic nitrogens is 2. The highest BCUT2D eigenvalue weighted by Gasteiger charge is 2.45. The molecule has 2 heterocycles. The average Bonchev–Trinajstić information content (AvgIpc) is 3.50.